The molecule has 9 heavy (non-hydrogen) atoms. The molecule has 0 amide bonds. The van der Waals surface area contributed by atoms with Crippen molar-refractivity contribution in [2.24, 2.45) is 0 Å². The van der Waals surface area contributed by atoms with Gasteiger partial charge in [0, 0.05) is 0 Å². The maximum Gasteiger partial charge on any atom is 0.0600 e. The van der Waals surface area contributed by atoms with Crippen LogP contribution in [0, 0.1) is 11.8 Å². The maximum absolute atomic E-state index is 2.97. The summed E-state index contributed by atoms with van der Waals surface area (Å²) < 4.78 is 0. The second kappa shape index (κ2) is 5.40. The Labute approximate surface area is 57.4 Å². The number of hydrogen-bond acceptors (Lipinski definition) is 1. The van der Waals surface area contributed by atoms with E-state index in [-0.39, 0.29) is 0 Å². The van der Waals surface area contributed by atoms with Crippen LogP contribution in [-0.2, 0) is 0 Å². The summed E-state index contributed by atoms with van der Waals surface area (Å²) in [7, 11) is 4.01. The molecule has 0 aliphatic rings. The van der Waals surface area contributed by atoms with Crippen molar-refractivity contribution >= 4 is 0 Å². The third-order valence-electron chi connectivity index (χ3n) is 0.747. The molecule has 0 aromatic heterocycles. The third kappa shape index (κ3) is 7.26. The Morgan fingerprint density at radius 1 is 1.44 bits per heavy atom. The van der Waals surface area contributed by atoms with E-state index in [0.29, 0.717) is 0 Å². The van der Waals surface area contributed by atoms with Crippen molar-refractivity contribution in [2.45, 2.75) is 6.92 Å². The first-order valence-electron chi connectivity index (χ1n) is 3.01. The minimum absolute atomic E-state index is 0.838. The molecule has 1 heteroatoms. The summed E-state index contributed by atoms with van der Waals surface area (Å²) in [5.74, 6) is 5.87. The second-order valence-electron chi connectivity index (χ2n) is 2.06. The van der Waals surface area contributed by atoms with Crippen molar-refractivity contribution in [3.05, 3.63) is 12.2 Å². The molecular weight excluding hydrogens is 110 g/mol. The van der Waals surface area contributed by atoms with E-state index < -0.39 is 0 Å². The van der Waals surface area contributed by atoms with Gasteiger partial charge in [0.05, 0.1) is 6.54 Å². The van der Waals surface area contributed by atoms with Crippen molar-refractivity contribution < 1.29 is 0 Å². The lowest BCUT2D eigenvalue weighted by Gasteiger charge is -1.99. The van der Waals surface area contributed by atoms with Gasteiger partial charge in [-0.15, -0.1) is 0 Å². The Kier molecular flexibility index (Phi) is 4.95. The van der Waals surface area contributed by atoms with Crippen molar-refractivity contribution in [2.75, 3.05) is 20.6 Å². The highest BCUT2D eigenvalue weighted by Gasteiger charge is 1.77. The first-order chi connectivity index (χ1) is 4.27. The number of hydrogen-bond donors (Lipinski definition) is 0. The minimum atomic E-state index is 0.838. The molecule has 0 radical (unpaired) electrons. The molecule has 0 spiro atoms. The van der Waals surface area contributed by atoms with E-state index in [1.54, 1.807) is 0 Å². The zero-order chi connectivity index (χ0) is 7.11. The lowest BCUT2D eigenvalue weighted by Crippen LogP contribution is -2.10. The molecule has 0 atom stereocenters. The van der Waals surface area contributed by atoms with E-state index >= 15 is 0 Å². The molecule has 0 aliphatic carbocycles. The monoisotopic (exact) mass is 123 g/mol. The van der Waals surface area contributed by atoms with Crippen LogP contribution in [0.15, 0.2) is 12.2 Å². The summed E-state index contributed by atoms with van der Waals surface area (Å²) in [5, 5.41) is 0. The zero-order valence-corrected chi connectivity index (χ0v) is 6.31. The molecule has 0 bridgehead atoms. The van der Waals surface area contributed by atoms with Crippen molar-refractivity contribution in [1.29, 1.82) is 0 Å². The minimum Gasteiger partial charge on any atom is -0.299 e. The van der Waals surface area contributed by atoms with Crippen LogP contribution in [0.3, 0.4) is 0 Å². The molecule has 0 heterocycles. The topological polar surface area (TPSA) is 3.24 Å². The Morgan fingerprint density at radius 2 is 2.11 bits per heavy atom. The molecule has 0 rings (SSSR count). The van der Waals surface area contributed by atoms with Crippen LogP contribution in [0.25, 0.3) is 0 Å². The third-order valence-corrected chi connectivity index (χ3v) is 0.747. The molecule has 0 aromatic rings. The standard InChI is InChI=1S/C8H13N/c1-4-5-6-7-8-9(2)3/h4-5H,8H2,1-3H3/b5-4+. The van der Waals surface area contributed by atoms with Gasteiger partial charge >= 0.3 is 0 Å². The highest BCUT2D eigenvalue weighted by Crippen LogP contribution is 1.70. The molecular formula is C8H13N. The zero-order valence-electron chi connectivity index (χ0n) is 6.31. The van der Waals surface area contributed by atoms with Crippen LogP contribution in [0.4, 0.5) is 0 Å². The van der Waals surface area contributed by atoms with E-state index in [4.69, 9.17) is 0 Å². The van der Waals surface area contributed by atoms with Gasteiger partial charge in [-0.2, -0.15) is 0 Å². The molecule has 0 saturated heterocycles. The van der Waals surface area contributed by atoms with Crippen LogP contribution in [0.1, 0.15) is 6.92 Å². The summed E-state index contributed by atoms with van der Waals surface area (Å²) in [5.41, 5.74) is 0. The van der Waals surface area contributed by atoms with Gasteiger partial charge in [-0.25, -0.2) is 0 Å². The number of allylic oxidation sites excluding steroid dienone is 2. The molecule has 0 saturated carbocycles. The lowest BCUT2D eigenvalue weighted by molar-refractivity contribution is 0.464. The van der Waals surface area contributed by atoms with Crippen molar-refractivity contribution in [3.63, 3.8) is 0 Å². The van der Waals surface area contributed by atoms with Crippen LogP contribution in [0.5, 0.6) is 0 Å². The molecule has 0 aromatic carbocycles. The van der Waals surface area contributed by atoms with E-state index in [9.17, 15) is 0 Å². The van der Waals surface area contributed by atoms with Gasteiger partial charge in [0.2, 0.25) is 0 Å². The highest BCUT2D eigenvalue weighted by molar-refractivity contribution is 5.15. The molecule has 50 valence electrons. The molecule has 1 nitrogen and oxygen atoms in total. The largest absolute Gasteiger partial charge is 0.299 e. The van der Waals surface area contributed by atoms with Gasteiger partial charge in [0.1, 0.15) is 0 Å². The van der Waals surface area contributed by atoms with E-state index in [2.05, 4.69) is 11.8 Å². The van der Waals surface area contributed by atoms with Crippen LogP contribution < -0.4 is 0 Å². The fraction of sp³-hybridized carbons (Fsp3) is 0.500. The van der Waals surface area contributed by atoms with Gasteiger partial charge < -0.3 is 0 Å². The predicted octanol–water partition coefficient (Wildman–Crippen LogP) is 1.13. The average molecular weight is 123 g/mol. The average Bonchev–Trinajstić information content (AvgIpc) is 1.80. The summed E-state index contributed by atoms with van der Waals surface area (Å²) in [6.07, 6.45) is 3.78. The lowest BCUT2D eigenvalue weighted by atomic mass is 10.5. The smallest absolute Gasteiger partial charge is 0.0600 e. The molecule has 0 fully saturated rings. The van der Waals surface area contributed by atoms with Gasteiger partial charge in [0.15, 0.2) is 0 Å². The summed E-state index contributed by atoms with van der Waals surface area (Å²) in [4.78, 5) is 2.04. The Hall–Kier alpha value is -0.740. The van der Waals surface area contributed by atoms with Crippen molar-refractivity contribution in [3.8, 4) is 11.8 Å². The van der Waals surface area contributed by atoms with Crippen LogP contribution in [-0.4, -0.2) is 25.5 Å². The molecule has 0 aliphatic heterocycles. The fourth-order valence-electron chi connectivity index (χ4n) is 0.346. The maximum atomic E-state index is 2.97. The quantitative estimate of drug-likeness (QED) is 0.472. The number of nitrogens with zero attached hydrogens (tertiary/aromatic N) is 1. The van der Waals surface area contributed by atoms with Gasteiger partial charge in [-0.05, 0) is 27.1 Å². The van der Waals surface area contributed by atoms with Gasteiger partial charge in [0.25, 0.3) is 0 Å². The summed E-state index contributed by atoms with van der Waals surface area (Å²) in [6.45, 7) is 2.80. The molecule has 0 N–H and O–H groups in total. The van der Waals surface area contributed by atoms with E-state index in [0.717, 1.165) is 6.54 Å². The SMILES string of the molecule is C/C=C/C#CCN(C)C. The van der Waals surface area contributed by atoms with Crippen LogP contribution in [0.2, 0.25) is 0 Å². The van der Waals surface area contributed by atoms with Crippen LogP contribution >= 0.6 is 0 Å². The fourth-order valence-corrected chi connectivity index (χ4v) is 0.346. The van der Waals surface area contributed by atoms with Gasteiger partial charge in [-0.3, -0.25) is 4.90 Å². The highest BCUT2D eigenvalue weighted by atomic mass is 15.0. The normalized spacial score (nSPS) is 9.78. The van der Waals surface area contributed by atoms with E-state index in [1.807, 2.05) is 38.1 Å². The summed E-state index contributed by atoms with van der Waals surface area (Å²) >= 11 is 0. The number of rotatable bonds is 1. The van der Waals surface area contributed by atoms with Crippen molar-refractivity contribution in [1.82, 2.24) is 4.90 Å². The first kappa shape index (κ1) is 8.26. The Balaban J connectivity index is 3.38. The van der Waals surface area contributed by atoms with E-state index in [1.165, 1.54) is 0 Å². The van der Waals surface area contributed by atoms with Gasteiger partial charge in [-0.1, -0.05) is 17.9 Å². The predicted molar refractivity (Wildman–Crippen MR) is 41.1 cm³/mol. The molecule has 0 unspecified atom stereocenters. The summed E-state index contributed by atoms with van der Waals surface area (Å²) in [6, 6.07) is 0. The Morgan fingerprint density at radius 3 is 2.56 bits per heavy atom. The first-order valence-corrected chi connectivity index (χ1v) is 3.01. The Bertz CT molecular complexity index is 134. The second-order valence-corrected chi connectivity index (χ2v) is 2.06.